The lowest BCUT2D eigenvalue weighted by Crippen LogP contribution is -2.39. The predicted octanol–water partition coefficient (Wildman–Crippen LogP) is 2.64. The van der Waals surface area contributed by atoms with Crippen LogP contribution in [-0.2, 0) is 12.1 Å². The first-order valence-electron chi connectivity index (χ1n) is 6.59. The maximum Gasteiger partial charge on any atom is 0.137 e. The third-order valence-corrected chi connectivity index (χ3v) is 4.72. The molecule has 0 saturated heterocycles. The lowest BCUT2D eigenvalue weighted by atomic mass is 9.95. The Kier molecular flexibility index (Phi) is 4.05. The maximum atomic E-state index is 13.5. The molecular formula is C14H20FN3OSi. The lowest BCUT2D eigenvalue weighted by molar-refractivity contribution is 0.0329. The molecule has 0 radical (unpaired) electrons. The van der Waals surface area contributed by atoms with Crippen molar-refractivity contribution in [3.05, 3.63) is 48.3 Å². The molecule has 1 aromatic carbocycles. The number of nitrogens with zero attached hydrogens (tertiary/aromatic N) is 3. The van der Waals surface area contributed by atoms with Crippen LogP contribution >= 0.6 is 0 Å². The zero-order valence-corrected chi connectivity index (χ0v) is 13.0. The zero-order chi connectivity index (χ0) is 14.8. The van der Waals surface area contributed by atoms with Gasteiger partial charge in [-0.05, 0) is 23.7 Å². The summed E-state index contributed by atoms with van der Waals surface area (Å²) >= 11 is 0. The summed E-state index contributed by atoms with van der Waals surface area (Å²) in [5.74, 6) is -0.338. The van der Waals surface area contributed by atoms with Crippen LogP contribution in [0, 0.1) is 5.82 Å². The number of aliphatic hydroxyl groups is 1. The molecule has 108 valence electrons. The molecule has 0 fully saturated rings. The summed E-state index contributed by atoms with van der Waals surface area (Å²) in [5, 5.41) is 15.1. The minimum absolute atomic E-state index is 0.278. The highest BCUT2D eigenvalue weighted by atomic mass is 28.3. The van der Waals surface area contributed by atoms with Gasteiger partial charge in [0.15, 0.2) is 0 Å². The Bertz CT molecular complexity index is 568. The fourth-order valence-electron chi connectivity index (χ4n) is 2.49. The van der Waals surface area contributed by atoms with Gasteiger partial charge in [-0.1, -0.05) is 31.8 Å². The summed E-state index contributed by atoms with van der Waals surface area (Å²) in [6.45, 7) is 6.82. The van der Waals surface area contributed by atoms with Gasteiger partial charge in [0.05, 0.1) is 6.54 Å². The Balaban J connectivity index is 2.37. The third-order valence-electron chi connectivity index (χ3n) is 3.07. The minimum atomic E-state index is -1.56. The van der Waals surface area contributed by atoms with Crippen molar-refractivity contribution < 1.29 is 9.50 Å². The molecule has 0 aliphatic rings. The zero-order valence-electron chi connectivity index (χ0n) is 12.0. The molecule has 1 atom stereocenters. The summed E-state index contributed by atoms with van der Waals surface area (Å²) in [5.41, 5.74) is -0.532. The average molecular weight is 293 g/mol. The number of hydrogen-bond acceptors (Lipinski definition) is 3. The molecule has 1 aromatic heterocycles. The summed E-state index contributed by atoms with van der Waals surface area (Å²) in [7, 11) is -1.56. The Hall–Kier alpha value is -1.53. The minimum Gasteiger partial charge on any atom is -0.384 e. The van der Waals surface area contributed by atoms with Crippen molar-refractivity contribution in [1.82, 2.24) is 14.8 Å². The number of aromatic nitrogens is 3. The van der Waals surface area contributed by atoms with Gasteiger partial charge in [0.25, 0.3) is 0 Å². The monoisotopic (exact) mass is 293 g/mol. The highest BCUT2D eigenvalue weighted by molar-refractivity contribution is 6.76. The molecule has 1 N–H and O–H groups in total. The topological polar surface area (TPSA) is 50.9 Å². The van der Waals surface area contributed by atoms with Gasteiger partial charge in [-0.25, -0.2) is 14.1 Å². The van der Waals surface area contributed by atoms with E-state index in [0.717, 1.165) is 0 Å². The van der Waals surface area contributed by atoms with E-state index in [1.165, 1.54) is 18.5 Å². The lowest BCUT2D eigenvalue weighted by Gasteiger charge is -2.33. The molecule has 4 nitrogen and oxygen atoms in total. The van der Waals surface area contributed by atoms with Crippen LogP contribution < -0.4 is 0 Å². The first kappa shape index (κ1) is 14.9. The Morgan fingerprint density at radius 2 is 2.10 bits per heavy atom. The second-order valence-electron chi connectivity index (χ2n) is 6.37. The van der Waals surface area contributed by atoms with Crippen LogP contribution in [0.4, 0.5) is 4.39 Å². The Morgan fingerprint density at radius 3 is 2.65 bits per heavy atom. The standard InChI is InChI=1S/C14H20FN3OSi/c1-20(2,3)9-14(19,8-18-11-16-10-17-18)12-5-4-6-13(15)7-12/h4-7,10-11,19H,8-9H2,1-3H3. The Morgan fingerprint density at radius 1 is 1.35 bits per heavy atom. The van der Waals surface area contributed by atoms with Crippen molar-refractivity contribution in [2.75, 3.05) is 0 Å². The fraction of sp³-hybridized carbons (Fsp3) is 0.429. The van der Waals surface area contributed by atoms with Gasteiger partial charge in [0.1, 0.15) is 24.1 Å². The summed E-state index contributed by atoms with van der Waals surface area (Å²) in [6, 6.07) is 6.80. The van der Waals surface area contributed by atoms with E-state index >= 15 is 0 Å². The second kappa shape index (κ2) is 5.45. The van der Waals surface area contributed by atoms with Gasteiger partial charge in [-0.3, -0.25) is 0 Å². The first-order valence-corrected chi connectivity index (χ1v) is 10.3. The van der Waals surface area contributed by atoms with E-state index in [1.54, 1.807) is 23.1 Å². The van der Waals surface area contributed by atoms with E-state index in [9.17, 15) is 9.50 Å². The van der Waals surface area contributed by atoms with E-state index in [2.05, 4.69) is 29.7 Å². The van der Waals surface area contributed by atoms with Crippen LogP contribution in [0.25, 0.3) is 0 Å². The first-order chi connectivity index (χ1) is 9.28. The van der Waals surface area contributed by atoms with Crippen LogP contribution in [-0.4, -0.2) is 27.9 Å². The quantitative estimate of drug-likeness (QED) is 0.862. The fourth-order valence-corrected chi connectivity index (χ4v) is 4.56. The van der Waals surface area contributed by atoms with Gasteiger partial charge < -0.3 is 5.11 Å². The molecule has 1 heterocycles. The number of halogens is 1. The molecule has 2 aromatic rings. The maximum absolute atomic E-state index is 13.5. The summed E-state index contributed by atoms with van der Waals surface area (Å²) < 4.78 is 15.1. The van der Waals surface area contributed by atoms with Crippen LogP contribution in [0.15, 0.2) is 36.9 Å². The molecule has 20 heavy (non-hydrogen) atoms. The smallest absolute Gasteiger partial charge is 0.137 e. The van der Waals surface area contributed by atoms with Gasteiger partial charge in [-0.15, -0.1) is 0 Å². The van der Waals surface area contributed by atoms with Crippen molar-refractivity contribution in [1.29, 1.82) is 0 Å². The van der Waals surface area contributed by atoms with Crippen molar-refractivity contribution in [3.8, 4) is 0 Å². The highest BCUT2D eigenvalue weighted by Gasteiger charge is 2.36. The Labute approximate surface area is 119 Å². The largest absolute Gasteiger partial charge is 0.384 e. The average Bonchev–Trinajstić information content (AvgIpc) is 2.79. The van der Waals surface area contributed by atoms with E-state index in [0.29, 0.717) is 11.6 Å². The van der Waals surface area contributed by atoms with E-state index in [4.69, 9.17) is 0 Å². The van der Waals surface area contributed by atoms with Crippen LogP contribution in [0.2, 0.25) is 25.7 Å². The molecule has 0 amide bonds. The van der Waals surface area contributed by atoms with Crippen molar-refractivity contribution in [2.24, 2.45) is 0 Å². The van der Waals surface area contributed by atoms with Crippen molar-refractivity contribution in [2.45, 2.75) is 37.8 Å². The highest BCUT2D eigenvalue weighted by Crippen LogP contribution is 2.33. The molecule has 1 unspecified atom stereocenters. The molecular weight excluding hydrogens is 273 g/mol. The van der Waals surface area contributed by atoms with Crippen LogP contribution in [0.5, 0.6) is 0 Å². The van der Waals surface area contributed by atoms with E-state index < -0.39 is 13.7 Å². The van der Waals surface area contributed by atoms with Gasteiger partial charge >= 0.3 is 0 Å². The van der Waals surface area contributed by atoms with E-state index in [1.807, 2.05) is 0 Å². The summed E-state index contributed by atoms with van der Waals surface area (Å²) in [4.78, 5) is 3.89. The molecule has 0 bridgehead atoms. The molecule has 6 heteroatoms. The van der Waals surface area contributed by atoms with Crippen molar-refractivity contribution in [3.63, 3.8) is 0 Å². The SMILES string of the molecule is C[Si](C)(C)CC(O)(Cn1cncn1)c1cccc(F)c1. The van der Waals surface area contributed by atoms with Gasteiger partial charge in [0, 0.05) is 8.07 Å². The summed E-state index contributed by atoms with van der Waals surface area (Å²) in [6.07, 6.45) is 3.00. The normalized spacial score (nSPS) is 15.1. The number of benzene rings is 1. The number of hydrogen-bond donors (Lipinski definition) is 1. The number of rotatable bonds is 5. The molecule has 0 saturated carbocycles. The predicted molar refractivity (Wildman–Crippen MR) is 78.5 cm³/mol. The molecule has 0 spiro atoms. The van der Waals surface area contributed by atoms with Gasteiger partial charge in [-0.2, -0.15) is 5.10 Å². The second-order valence-corrected chi connectivity index (χ2v) is 11.8. The van der Waals surface area contributed by atoms with E-state index in [-0.39, 0.29) is 12.4 Å². The van der Waals surface area contributed by atoms with Crippen molar-refractivity contribution >= 4 is 8.07 Å². The molecule has 0 aliphatic heterocycles. The third kappa shape index (κ3) is 3.74. The van der Waals surface area contributed by atoms with Crippen LogP contribution in [0.1, 0.15) is 5.56 Å². The van der Waals surface area contributed by atoms with Crippen LogP contribution in [0.3, 0.4) is 0 Å². The molecule has 0 aliphatic carbocycles. The van der Waals surface area contributed by atoms with Gasteiger partial charge in [0.2, 0.25) is 0 Å². The molecule has 2 rings (SSSR count).